The summed E-state index contributed by atoms with van der Waals surface area (Å²) in [5.74, 6) is -0.583. The highest BCUT2D eigenvalue weighted by molar-refractivity contribution is 5.96. The second kappa shape index (κ2) is 6.40. The van der Waals surface area contributed by atoms with Crippen molar-refractivity contribution in [1.29, 1.82) is 0 Å². The van der Waals surface area contributed by atoms with Gasteiger partial charge in [-0.15, -0.1) is 0 Å². The first-order valence-corrected chi connectivity index (χ1v) is 5.72. The number of halogens is 3. The molecule has 106 valence electrons. The molecule has 1 rings (SSSR count). The summed E-state index contributed by atoms with van der Waals surface area (Å²) in [6, 6.07) is 2.83. The molecule has 0 saturated heterocycles. The van der Waals surface area contributed by atoms with Crippen molar-refractivity contribution in [3.05, 3.63) is 23.9 Å². The quantitative estimate of drug-likeness (QED) is 0.898. The van der Waals surface area contributed by atoms with Crippen molar-refractivity contribution in [3.63, 3.8) is 0 Å². The summed E-state index contributed by atoms with van der Waals surface area (Å²) in [5.41, 5.74) is -0.00704. The maximum atomic E-state index is 12.1. The normalized spacial score (nSPS) is 11.5. The lowest BCUT2D eigenvalue weighted by Gasteiger charge is -2.12. The van der Waals surface area contributed by atoms with Crippen molar-refractivity contribution in [1.82, 2.24) is 10.3 Å². The lowest BCUT2D eigenvalue weighted by molar-refractivity contribution is -0.154. The number of carbonyl (C=O) groups is 1. The highest BCUT2D eigenvalue weighted by Crippen LogP contribution is 2.19. The Kier molecular flexibility index (Phi) is 5.14. The van der Waals surface area contributed by atoms with Crippen molar-refractivity contribution in [2.24, 2.45) is 5.92 Å². The number of alkyl halides is 3. The predicted molar refractivity (Wildman–Crippen MR) is 63.0 cm³/mol. The molecule has 7 heteroatoms. The van der Waals surface area contributed by atoms with Crippen LogP contribution < -0.4 is 10.1 Å². The number of ether oxygens (including phenoxy) is 1. The lowest BCUT2D eigenvalue weighted by atomic mass is 10.2. The highest BCUT2D eigenvalue weighted by Gasteiger charge is 2.29. The summed E-state index contributed by atoms with van der Waals surface area (Å²) in [5, 5.41) is 2.60. The Balaban J connectivity index is 2.75. The highest BCUT2D eigenvalue weighted by atomic mass is 19.4. The van der Waals surface area contributed by atoms with E-state index in [1.54, 1.807) is 0 Å². The number of aromatic nitrogens is 1. The summed E-state index contributed by atoms with van der Waals surface area (Å²) < 4.78 is 40.8. The molecule has 1 N–H and O–H groups in total. The minimum absolute atomic E-state index is 0.00704. The van der Waals surface area contributed by atoms with Crippen LogP contribution in [0.3, 0.4) is 0 Å². The molecular formula is C12H15F3N2O2. The molecule has 0 atom stereocenters. The summed E-state index contributed by atoms with van der Waals surface area (Å²) >= 11 is 0. The fourth-order valence-electron chi connectivity index (χ4n) is 1.22. The van der Waals surface area contributed by atoms with E-state index in [2.05, 4.69) is 15.0 Å². The number of pyridine rings is 1. The first-order valence-electron chi connectivity index (χ1n) is 5.72. The van der Waals surface area contributed by atoms with Gasteiger partial charge in [-0.3, -0.25) is 4.79 Å². The minimum Gasteiger partial charge on any atom is -0.467 e. The van der Waals surface area contributed by atoms with E-state index in [0.717, 1.165) is 0 Å². The fraction of sp³-hybridized carbons (Fsp3) is 0.500. The number of hydrogen-bond donors (Lipinski definition) is 1. The zero-order valence-corrected chi connectivity index (χ0v) is 10.6. The molecule has 4 nitrogen and oxygen atoms in total. The largest absolute Gasteiger partial charge is 0.467 e. The van der Waals surface area contributed by atoms with E-state index < -0.39 is 18.7 Å². The first-order chi connectivity index (χ1) is 8.79. The van der Waals surface area contributed by atoms with Crippen molar-refractivity contribution in [2.75, 3.05) is 13.2 Å². The van der Waals surface area contributed by atoms with E-state index in [-0.39, 0.29) is 17.4 Å². The molecular weight excluding hydrogens is 261 g/mol. The van der Waals surface area contributed by atoms with Crippen molar-refractivity contribution < 1.29 is 22.7 Å². The van der Waals surface area contributed by atoms with Crippen LogP contribution in [-0.2, 0) is 0 Å². The third kappa shape index (κ3) is 5.58. The Bertz CT molecular complexity index is 433. The van der Waals surface area contributed by atoms with Crippen LogP contribution in [0.1, 0.15) is 24.2 Å². The zero-order valence-electron chi connectivity index (χ0n) is 10.6. The van der Waals surface area contributed by atoms with Gasteiger partial charge in [0.15, 0.2) is 6.61 Å². The molecule has 1 aromatic heterocycles. The minimum atomic E-state index is -4.47. The van der Waals surface area contributed by atoms with E-state index in [1.807, 2.05) is 13.8 Å². The number of nitrogens with zero attached hydrogens (tertiary/aromatic N) is 1. The van der Waals surface area contributed by atoms with Crippen molar-refractivity contribution in [2.45, 2.75) is 20.0 Å². The Morgan fingerprint density at radius 3 is 2.74 bits per heavy atom. The summed E-state index contributed by atoms with van der Waals surface area (Å²) in [6.07, 6.45) is -3.20. The third-order valence-corrected chi connectivity index (χ3v) is 2.06. The Morgan fingerprint density at radius 1 is 1.47 bits per heavy atom. The van der Waals surface area contributed by atoms with Gasteiger partial charge in [-0.2, -0.15) is 13.2 Å². The van der Waals surface area contributed by atoms with Gasteiger partial charge < -0.3 is 10.1 Å². The average molecular weight is 276 g/mol. The first kappa shape index (κ1) is 15.3. The van der Waals surface area contributed by atoms with Crippen LogP contribution in [0.15, 0.2) is 18.3 Å². The van der Waals surface area contributed by atoms with Gasteiger partial charge >= 0.3 is 6.18 Å². The smallest absolute Gasteiger partial charge is 0.422 e. The van der Waals surface area contributed by atoms with Crippen LogP contribution in [0.2, 0.25) is 0 Å². The van der Waals surface area contributed by atoms with E-state index in [4.69, 9.17) is 0 Å². The SMILES string of the molecule is CC(C)CNC(=O)c1cccnc1OCC(F)(F)F. The number of carbonyl (C=O) groups excluding carboxylic acids is 1. The topological polar surface area (TPSA) is 51.2 Å². The molecule has 0 saturated carbocycles. The zero-order chi connectivity index (χ0) is 14.5. The molecule has 0 bridgehead atoms. The van der Waals surface area contributed by atoms with Crippen LogP contribution in [0.5, 0.6) is 5.88 Å². The number of rotatable bonds is 5. The van der Waals surface area contributed by atoms with Gasteiger partial charge in [0.05, 0.1) is 0 Å². The van der Waals surface area contributed by atoms with Gasteiger partial charge in [0.25, 0.3) is 5.91 Å². The molecule has 0 aromatic carbocycles. The summed E-state index contributed by atoms with van der Waals surface area (Å²) in [7, 11) is 0. The van der Waals surface area contributed by atoms with E-state index in [9.17, 15) is 18.0 Å². The molecule has 0 aliphatic carbocycles. The molecule has 1 heterocycles. The number of hydrogen-bond acceptors (Lipinski definition) is 3. The molecule has 0 aliphatic heterocycles. The molecule has 1 aromatic rings. The van der Waals surface area contributed by atoms with Gasteiger partial charge in [-0.05, 0) is 18.1 Å². The van der Waals surface area contributed by atoms with Crippen molar-refractivity contribution >= 4 is 5.91 Å². The monoisotopic (exact) mass is 276 g/mol. The maximum Gasteiger partial charge on any atom is 0.422 e. The van der Waals surface area contributed by atoms with Gasteiger partial charge in [0.1, 0.15) is 5.56 Å². The molecule has 19 heavy (non-hydrogen) atoms. The Morgan fingerprint density at radius 2 is 2.16 bits per heavy atom. The van der Waals surface area contributed by atoms with Gasteiger partial charge in [0.2, 0.25) is 5.88 Å². The fourth-order valence-corrected chi connectivity index (χ4v) is 1.22. The molecule has 0 radical (unpaired) electrons. The van der Waals surface area contributed by atoms with Crippen LogP contribution in [0, 0.1) is 5.92 Å². The molecule has 0 aliphatic rings. The van der Waals surface area contributed by atoms with Gasteiger partial charge in [0, 0.05) is 12.7 Å². The van der Waals surface area contributed by atoms with Crippen LogP contribution in [0.25, 0.3) is 0 Å². The van der Waals surface area contributed by atoms with Gasteiger partial charge in [-0.1, -0.05) is 13.8 Å². The van der Waals surface area contributed by atoms with E-state index in [0.29, 0.717) is 6.54 Å². The van der Waals surface area contributed by atoms with E-state index in [1.165, 1.54) is 18.3 Å². The van der Waals surface area contributed by atoms with Crippen LogP contribution in [0.4, 0.5) is 13.2 Å². The number of amides is 1. The van der Waals surface area contributed by atoms with Crippen LogP contribution in [-0.4, -0.2) is 30.2 Å². The number of nitrogens with one attached hydrogen (secondary N) is 1. The van der Waals surface area contributed by atoms with Crippen molar-refractivity contribution in [3.8, 4) is 5.88 Å². The summed E-state index contributed by atoms with van der Waals surface area (Å²) in [6.45, 7) is 2.76. The average Bonchev–Trinajstić information content (AvgIpc) is 2.33. The Labute approximate surface area is 109 Å². The lowest BCUT2D eigenvalue weighted by Crippen LogP contribution is -2.28. The molecule has 0 fully saturated rings. The maximum absolute atomic E-state index is 12.1. The third-order valence-electron chi connectivity index (χ3n) is 2.06. The predicted octanol–water partition coefficient (Wildman–Crippen LogP) is 2.41. The summed E-state index contributed by atoms with van der Waals surface area (Å²) in [4.78, 5) is 15.4. The molecule has 0 unspecified atom stereocenters. The molecule has 0 spiro atoms. The second-order valence-corrected chi connectivity index (χ2v) is 4.36. The van der Waals surface area contributed by atoms with E-state index >= 15 is 0 Å². The van der Waals surface area contributed by atoms with Gasteiger partial charge in [-0.25, -0.2) is 4.98 Å². The standard InChI is InChI=1S/C12H15F3N2O2/c1-8(2)6-17-10(18)9-4-3-5-16-11(9)19-7-12(13,14)15/h3-5,8H,6-7H2,1-2H3,(H,17,18). The van der Waals surface area contributed by atoms with Crippen LogP contribution >= 0.6 is 0 Å². The Hall–Kier alpha value is -1.79. The second-order valence-electron chi connectivity index (χ2n) is 4.36. The molecule has 1 amide bonds.